The van der Waals surface area contributed by atoms with Crippen LogP contribution in [0, 0.1) is 5.92 Å². The Balaban J connectivity index is 2.48. The van der Waals surface area contributed by atoms with Gasteiger partial charge in [-0.05, 0) is 31.4 Å². The first-order chi connectivity index (χ1) is 7.91. The highest BCUT2D eigenvalue weighted by molar-refractivity contribution is 5.92. The summed E-state index contributed by atoms with van der Waals surface area (Å²) in [5.74, 6) is 0.131. The average molecular weight is 236 g/mol. The summed E-state index contributed by atoms with van der Waals surface area (Å²) in [7, 11) is 0. The second-order valence-electron chi connectivity index (χ2n) is 4.99. The monoisotopic (exact) mass is 236 g/mol. The molecule has 0 spiro atoms. The van der Waals surface area contributed by atoms with E-state index in [0.29, 0.717) is 18.0 Å². The van der Waals surface area contributed by atoms with Gasteiger partial charge in [-0.25, -0.2) is 0 Å². The van der Waals surface area contributed by atoms with E-state index < -0.39 is 5.60 Å². The molecular weight excluding hydrogens is 216 g/mol. The first-order valence-corrected chi connectivity index (χ1v) is 5.82. The van der Waals surface area contributed by atoms with E-state index in [4.69, 9.17) is 0 Å². The van der Waals surface area contributed by atoms with Crippen LogP contribution in [0.1, 0.15) is 37.7 Å². The summed E-state index contributed by atoms with van der Waals surface area (Å²) in [5, 5.41) is 12.7. The van der Waals surface area contributed by atoms with Gasteiger partial charge < -0.3 is 10.4 Å². The number of carbonyl (C=O) groups is 1. The van der Waals surface area contributed by atoms with E-state index >= 15 is 0 Å². The molecule has 17 heavy (non-hydrogen) atoms. The number of amides is 1. The average Bonchev–Trinajstić information content (AvgIpc) is 2.25. The lowest BCUT2D eigenvalue weighted by atomic mass is 9.94. The molecule has 1 aromatic rings. The largest absolute Gasteiger partial charge is 0.388 e. The predicted molar refractivity (Wildman–Crippen MR) is 66.6 cm³/mol. The molecule has 94 valence electrons. The third-order valence-corrected chi connectivity index (χ3v) is 2.38. The maximum atomic E-state index is 11.7. The first kappa shape index (κ1) is 13.6. The van der Waals surface area contributed by atoms with Gasteiger partial charge in [-0.15, -0.1) is 0 Å². The van der Waals surface area contributed by atoms with Gasteiger partial charge in [0.2, 0.25) is 0 Å². The highest BCUT2D eigenvalue weighted by Crippen LogP contribution is 2.15. The summed E-state index contributed by atoms with van der Waals surface area (Å²) in [6.45, 7) is 6.04. The fourth-order valence-corrected chi connectivity index (χ4v) is 1.81. The molecule has 0 fully saturated rings. The standard InChI is InChI=1S/C13H20N2O2/c1-10(2)8-13(3,17)9-15-12(16)11-6-4-5-7-14-11/h4-7,10,17H,8-9H2,1-3H3,(H,15,16). The summed E-state index contributed by atoms with van der Waals surface area (Å²) in [4.78, 5) is 15.6. The third kappa shape index (κ3) is 4.95. The van der Waals surface area contributed by atoms with Crippen LogP contribution < -0.4 is 5.32 Å². The lowest BCUT2D eigenvalue weighted by Crippen LogP contribution is -2.41. The minimum atomic E-state index is -0.876. The molecule has 1 unspecified atom stereocenters. The SMILES string of the molecule is CC(C)CC(C)(O)CNC(=O)c1ccccn1. The molecular formula is C13H20N2O2. The summed E-state index contributed by atoms with van der Waals surface area (Å²) >= 11 is 0. The molecule has 0 saturated heterocycles. The van der Waals surface area contributed by atoms with Gasteiger partial charge in [-0.2, -0.15) is 0 Å². The first-order valence-electron chi connectivity index (χ1n) is 5.82. The van der Waals surface area contributed by atoms with Gasteiger partial charge in [0.05, 0.1) is 5.60 Å². The molecule has 2 N–H and O–H groups in total. The van der Waals surface area contributed by atoms with Crippen molar-refractivity contribution in [2.75, 3.05) is 6.54 Å². The van der Waals surface area contributed by atoms with Crippen LogP contribution in [0.4, 0.5) is 0 Å². The number of carbonyl (C=O) groups excluding carboxylic acids is 1. The van der Waals surface area contributed by atoms with Crippen LogP contribution >= 0.6 is 0 Å². The zero-order valence-electron chi connectivity index (χ0n) is 10.6. The van der Waals surface area contributed by atoms with Gasteiger partial charge in [-0.1, -0.05) is 19.9 Å². The molecule has 0 aliphatic heterocycles. The molecule has 0 aliphatic rings. The van der Waals surface area contributed by atoms with Crippen LogP contribution in [0.25, 0.3) is 0 Å². The van der Waals surface area contributed by atoms with E-state index in [9.17, 15) is 9.90 Å². The van der Waals surface area contributed by atoms with E-state index in [1.54, 1.807) is 31.3 Å². The van der Waals surface area contributed by atoms with Crippen LogP contribution in [-0.4, -0.2) is 28.1 Å². The van der Waals surface area contributed by atoms with Crippen LogP contribution in [0.5, 0.6) is 0 Å². The van der Waals surface area contributed by atoms with Crippen molar-refractivity contribution in [1.29, 1.82) is 0 Å². The fourth-order valence-electron chi connectivity index (χ4n) is 1.81. The molecule has 0 saturated carbocycles. The normalized spacial score (nSPS) is 14.4. The van der Waals surface area contributed by atoms with E-state index in [1.165, 1.54) is 0 Å². The molecule has 1 amide bonds. The summed E-state index contributed by atoms with van der Waals surface area (Å²) in [5.41, 5.74) is -0.508. The Bertz CT molecular complexity index is 361. The van der Waals surface area contributed by atoms with Gasteiger partial charge in [-0.3, -0.25) is 9.78 Å². The Kier molecular flexibility index (Phi) is 4.63. The van der Waals surface area contributed by atoms with E-state index in [2.05, 4.69) is 10.3 Å². The van der Waals surface area contributed by atoms with Crippen molar-refractivity contribution in [3.8, 4) is 0 Å². The number of aliphatic hydroxyl groups is 1. The van der Waals surface area contributed by atoms with Crippen LogP contribution in [0.15, 0.2) is 24.4 Å². The predicted octanol–water partition coefficient (Wildman–Crippen LogP) is 1.61. The second kappa shape index (κ2) is 5.77. The molecule has 4 heteroatoms. The Morgan fingerprint density at radius 3 is 2.76 bits per heavy atom. The maximum absolute atomic E-state index is 11.7. The Hall–Kier alpha value is -1.42. The van der Waals surface area contributed by atoms with Gasteiger partial charge >= 0.3 is 0 Å². The Labute approximate surface area is 102 Å². The van der Waals surface area contributed by atoms with E-state index in [-0.39, 0.29) is 12.5 Å². The Morgan fingerprint density at radius 2 is 2.24 bits per heavy atom. The summed E-state index contributed by atoms with van der Waals surface area (Å²) < 4.78 is 0. The van der Waals surface area contributed by atoms with E-state index in [0.717, 1.165) is 0 Å². The molecule has 1 rings (SSSR count). The summed E-state index contributed by atoms with van der Waals surface area (Å²) in [6.07, 6.45) is 2.22. The van der Waals surface area contributed by atoms with Crippen molar-refractivity contribution >= 4 is 5.91 Å². The van der Waals surface area contributed by atoms with Crippen molar-refractivity contribution in [3.05, 3.63) is 30.1 Å². The zero-order chi connectivity index (χ0) is 12.9. The molecule has 0 aromatic carbocycles. The van der Waals surface area contributed by atoms with Crippen molar-refractivity contribution in [2.24, 2.45) is 5.92 Å². The minimum absolute atomic E-state index is 0.237. The number of rotatable bonds is 5. The zero-order valence-corrected chi connectivity index (χ0v) is 10.6. The topological polar surface area (TPSA) is 62.2 Å². The van der Waals surface area contributed by atoms with Gasteiger partial charge in [0.25, 0.3) is 5.91 Å². The summed E-state index contributed by atoms with van der Waals surface area (Å²) in [6, 6.07) is 5.16. The Morgan fingerprint density at radius 1 is 1.53 bits per heavy atom. The minimum Gasteiger partial charge on any atom is -0.388 e. The lowest BCUT2D eigenvalue weighted by Gasteiger charge is -2.25. The van der Waals surface area contributed by atoms with E-state index in [1.807, 2.05) is 13.8 Å². The van der Waals surface area contributed by atoms with Crippen molar-refractivity contribution in [2.45, 2.75) is 32.8 Å². The smallest absolute Gasteiger partial charge is 0.269 e. The molecule has 0 aliphatic carbocycles. The number of aromatic nitrogens is 1. The van der Waals surface area contributed by atoms with Crippen molar-refractivity contribution in [3.63, 3.8) is 0 Å². The molecule has 0 bridgehead atoms. The van der Waals surface area contributed by atoms with Gasteiger partial charge in [0.1, 0.15) is 5.69 Å². The fraction of sp³-hybridized carbons (Fsp3) is 0.538. The number of pyridine rings is 1. The van der Waals surface area contributed by atoms with Gasteiger partial charge in [0, 0.05) is 12.7 Å². The number of hydrogen-bond donors (Lipinski definition) is 2. The maximum Gasteiger partial charge on any atom is 0.269 e. The van der Waals surface area contributed by atoms with Crippen LogP contribution in [0.3, 0.4) is 0 Å². The third-order valence-electron chi connectivity index (χ3n) is 2.38. The molecule has 1 atom stereocenters. The second-order valence-corrected chi connectivity index (χ2v) is 4.99. The number of hydrogen-bond acceptors (Lipinski definition) is 3. The van der Waals surface area contributed by atoms with Crippen LogP contribution in [-0.2, 0) is 0 Å². The number of nitrogens with zero attached hydrogens (tertiary/aromatic N) is 1. The highest BCUT2D eigenvalue weighted by atomic mass is 16.3. The highest BCUT2D eigenvalue weighted by Gasteiger charge is 2.22. The molecule has 0 radical (unpaired) electrons. The van der Waals surface area contributed by atoms with Gasteiger partial charge in [0.15, 0.2) is 0 Å². The van der Waals surface area contributed by atoms with Crippen LogP contribution in [0.2, 0.25) is 0 Å². The number of nitrogens with one attached hydrogen (secondary N) is 1. The van der Waals surface area contributed by atoms with Crippen molar-refractivity contribution < 1.29 is 9.90 Å². The quantitative estimate of drug-likeness (QED) is 0.816. The molecule has 1 heterocycles. The van der Waals surface area contributed by atoms with Crippen molar-refractivity contribution in [1.82, 2.24) is 10.3 Å². The molecule has 4 nitrogen and oxygen atoms in total. The lowest BCUT2D eigenvalue weighted by molar-refractivity contribution is 0.0367. The molecule has 1 aromatic heterocycles.